The summed E-state index contributed by atoms with van der Waals surface area (Å²) < 4.78 is 11.9. The first-order valence-electron chi connectivity index (χ1n) is 22.0. The highest BCUT2D eigenvalue weighted by Crippen LogP contribution is 2.51. The van der Waals surface area contributed by atoms with E-state index >= 15 is 0 Å². The monoisotopic (exact) mass is 913 g/mol. The highest BCUT2D eigenvalue weighted by molar-refractivity contribution is 6.11. The second kappa shape index (κ2) is 20.0. The summed E-state index contributed by atoms with van der Waals surface area (Å²) in [7, 11) is 0. The molecule has 0 saturated heterocycles. The van der Waals surface area contributed by atoms with Crippen molar-refractivity contribution in [2.75, 3.05) is 32.8 Å². The molecular formula is C57H35N7O6. The minimum Gasteiger partial charge on any atom is -0.461 e. The number of hydrogen-bond acceptors (Lipinski definition) is 11. The van der Waals surface area contributed by atoms with E-state index < -0.39 is 11.9 Å². The third-order valence-electron chi connectivity index (χ3n) is 12.3. The number of fused-ring (bicyclic) bond motifs is 9. The molecule has 0 fully saturated rings. The van der Waals surface area contributed by atoms with Crippen molar-refractivity contribution in [1.82, 2.24) is 4.90 Å². The first kappa shape index (κ1) is 45.5. The normalized spacial score (nSPS) is 13.3. The molecule has 0 aromatic heterocycles. The van der Waals surface area contributed by atoms with Gasteiger partial charge in [-0.1, -0.05) is 115 Å². The van der Waals surface area contributed by atoms with Crippen molar-refractivity contribution in [1.29, 1.82) is 21.0 Å². The quantitative estimate of drug-likeness (QED) is 0.0193. The van der Waals surface area contributed by atoms with Gasteiger partial charge in [-0.2, -0.15) is 10.5 Å². The lowest BCUT2D eigenvalue weighted by atomic mass is 9.98. The summed E-state index contributed by atoms with van der Waals surface area (Å²) in [4.78, 5) is 47.8. The number of carbonyl (C=O) groups is 2. The lowest BCUT2D eigenvalue weighted by Crippen LogP contribution is -2.34. The summed E-state index contributed by atoms with van der Waals surface area (Å²) >= 11 is 0. The van der Waals surface area contributed by atoms with Gasteiger partial charge in [0.05, 0.1) is 43.9 Å². The Morgan fingerprint density at radius 2 is 1.01 bits per heavy atom. The highest BCUT2D eigenvalue weighted by Gasteiger charge is 2.32. The summed E-state index contributed by atoms with van der Waals surface area (Å²) in [6.07, 6.45) is -0.0759. The Morgan fingerprint density at radius 3 is 1.61 bits per heavy atom. The Kier molecular flexibility index (Phi) is 13.0. The third kappa shape index (κ3) is 8.25. The number of ether oxygens (including phenoxy) is 2. The van der Waals surface area contributed by atoms with E-state index in [0.717, 1.165) is 33.4 Å². The van der Waals surface area contributed by atoms with Crippen LogP contribution >= 0.6 is 0 Å². The van der Waals surface area contributed by atoms with Gasteiger partial charge in [-0.15, -0.1) is 0 Å². The maximum atomic E-state index is 13.9. The molecule has 0 amide bonds. The van der Waals surface area contributed by atoms with Gasteiger partial charge in [0.15, 0.2) is 0 Å². The molecule has 6 aromatic rings. The van der Waals surface area contributed by atoms with Gasteiger partial charge in [0, 0.05) is 47.5 Å². The summed E-state index contributed by atoms with van der Waals surface area (Å²) in [5.74, 6) is -0.870. The van der Waals surface area contributed by atoms with Crippen LogP contribution < -0.4 is 4.74 Å². The number of nitrogens with zero attached hydrogens (tertiary/aromatic N) is 7. The zero-order valence-electron chi connectivity index (χ0n) is 37.2. The van der Waals surface area contributed by atoms with Crippen molar-refractivity contribution in [3.05, 3.63) is 212 Å². The second-order valence-electron chi connectivity index (χ2n) is 16.0. The predicted molar refractivity (Wildman–Crippen MR) is 257 cm³/mol. The molecule has 0 spiro atoms. The van der Waals surface area contributed by atoms with E-state index in [4.69, 9.17) is 32.4 Å². The zero-order valence-corrected chi connectivity index (χ0v) is 37.2. The molecule has 334 valence electrons. The molecule has 0 heterocycles. The number of esters is 2. The van der Waals surface area contributed by atoms with Gasteiger partial charge in [0.2, 0.25) is 0 Å². The van der Waals surface area contributed by atoms with Crippen LogP contribution in [0.4, 0.5) is 0 Å². The number of hydrogen-bond donors (Lipinski definition) is 0. The van der Waals surface area contributed by atoms with Crippen molar-refractivity contribution in [3.63, 3.8) is 0 Å². The van der Waals surface area contributed by atoms with Crippen LogP contribution in [-0.2, 0) is 25.9 Å². The van der Waals surface area contributed by atoms with Crippen molar-refractivity contribution in [3.8, 4) is 63.4 Å². The number of rotatable bonds is 14. The highest BCUT2D eigenvalue weighted by atomic mass is 17.2. The van der Waals surface area contributed by atoms with Crippen LogP contribution in [0.25, 0.3) is 59.8 Å². The number of benzene rings is 6. The van der Waals surface area contributed by atoms with Gasteiger partial charge in [-0.25, -0.2) is 34.8 Å². The minimum atomic E-state index is -0.607. The molecule has 0 N–H and O–H groups in total. The number of carbonyl (C=O) groups excluding carboxylic acids is 2. The third-order valence-corrected chi connectivity index (χ3v) is 12.3. The van der Waals surface area contributed by atoms with Gasteiger partial charge < -0.3 is 9.47 Å². The molecule has 3 aliphatic carbocycles. The van der Waals surface area contributed by atoms with E-state index in [0.29, 0.717) is 55.7 Å². The van der Waals surface area contributed by atoms with Crippen molar-refractivity contribution in [2.24, 2.45) is 0 Å². The Labute approximate surface area is 403 Å². The van der Waals surface area contributed by atoms with E-state index in [1.165, 1.54) is 0 Å². The second-order valence-corrected chi connectivity index (χ2v) is 16.0. The van der Waals surface area contributed by atoms with Crippen LogP contribution in [0.5, 0.6) is 5.75 Å². The molecule has 13 nitrogen and oxygen atoms in total. The molecule has 0 unspecified atom stereocenters. The molecule has 0 saturated carbocycles. The summed E-state index contributed by atoms with van der Waals surface area (Å²) in [6.45, 7) is 15.9. The molecule has 0 aliphatic heterocycles. The van der Waals surface area contributed by atoms with E-state index in [-0.39, 0.29) is 74.2 Å². The van der Waals surface area contributed by atoms with Crippen LogP contribution in [0.3, 0.4) is 0 Å². The maximum absolute atomic E-state index is 13.9. The molecular weight excluding hydrogens is 879 g/mol. The van der Waals surface area contributed by atoms with Gasteiger partial charge >= 0.3 is 11.9 Å². The molecule has 0 bridgehead atoms. The molecule has 13 heteroatoms. The van der Waals surface area contributed by atoms with E-state index in [1.54, 1.807) is 36.4 Å². The average Bonchev–Trinajstić information content (AvgIpc) is 4.03. The minimum absolute atomic E-state index is 0.0142. The van der Waals surface area contributed by atoms with Crippen molar-refractivity contribution in [2.45, 2.75) is 13.0 Å². The zero-order chi connectivity index (χ0) is 48.7. The Morgan fingerprint density at radius 1 is 0.514 bits per heavy atom. The first-order chi connectivity index (χ1) is 34.3. The van der Waals surface area contributed by atoms with Crippen molar-refractivity contribution < 1.29 is 28.8 Å². The van der Waals surface area contributed by atoms with Gasteiger partial charge in [0.1, 0.15) is 36.7 Å². The lowest BCUT2D eigenvalue weighted by Gasteiger charge is -2.22. The fraction of sp³-hybridized carbons (Fsp3) is 0.123. The van der Waals surface area contributed by atoms with Crippen LogP contribution in [0.15, 0.2) is 144 Å². The fourth-order valence-corrected chi connectivity index (χ4v) is 9.39. The summed E-state index contributed by atoms with van der Waals surface area (Å²) in [5.41, 5.74) is 10.9. The summed E-state index contributed by atoms with van der Waals surface area (Å²) in [5, 5.41) is 39.1. The van der Waals surface area contributed by atoms with E-state index in [2.05, 4.69) is 9.69 Å². The van der Waals surface area contributed by atoms with Crippen LogP contribution in [0.2, 0.25) is 0 Å². The van der Waals surface area contributed by atoms with Crippen molar-refractivity contribution >= 4 is 28.7 Å². The largest absolute Gasteiger partial charge is 0.461 e. The molecule has 70 heavy (non-hydrogen) atoms. The molecule has 9 rings (SSSR count). The summed E-state index contributed by atoms with van der Waals surface area (Å²) in [6, 6.07) is 46.1. The number of allylic oxidation sites excluding steroid dienone is 3. The van der Waals surface area contributed by atoms with Gasteiger partial charge in [0.25, 0.3) is 11.4 Å². The fourth-order valence-electron chi connectivity index (χ4n) is 9.39. The van der Waals surface area contributed by atoms with Crippen LogP contribution in [-0.4, -0.2) is 49.7 Å². The van der Waals surface area contributed by atoms with Gasteiger partial charge in [-0.3, -0.25) is 9.69 Å². The van der Waals surface area contributed by atoms with Crippen LogP contribution in [0.1, 0.15) is 55.7 Å². The topological polar surface area (TPSA) is 178 Å². The standard InChI is InChI=1S/C57H35N7O6/c1-62-47(32-60)54-40-16-6-5-15-39(40)53-44(54)20-10-22-46(53)57(66)67-28-26-64(25-24-50(65)70-49-23-11-21-45-55(48(33-61)63-2)41-17-7-8-18-42(41)56(45)49)27-29-68-69-34-35-12-9-19-43-51(35)37-13-3-4-14-38(37)52(43)36(30-58)31-59/h3-23H,24-29,34H2/b54-47+,55-48-. The van der Waals surface area contributed by atoms with Gasteiger partial charge in [-0.05, 0) is 73.3 Å². The van der Waals surface area contributed by atoms with E-state index in [9.17, 15) is 30.6 Å². The van der Waals surface area contributed by atoms with E-state index in [1.807, 2.05) is 120 Å². The molecule has 3 aliphatic rings. The Balaban J connectivity index is 0.911. The maximum Gasteiger partial charge on any atom is 0.338 e. The Bertz CT molecular complexity index is 3520. The first-order valence-corrected chi connectivity index (χ1v) is 22.0. The Hall–Kier alpha value is -9.70. The predicted octanol–water partition coefficient (Wildman–Crippen LogP) is 10.5. The molecule has 0 atom stereocenters. The lowest BCUT2D eigenvalue weighted by molar-refractivity contribution is -0.304. The molecule has 6 aromatic carbocycles. The molecule has 0 radical (unpaired) electrons. The SMILES string of the molecule is [C-]#[N+]/C(C#N)=C1/c2ccccc2-c2c(OC(=O)CCN(CCOOCc3cccc4c3-c3ccccc3C4=C(C#N)C#N)CCOC(=O)c3cccc4c3-c3ccccc3/C4=C(/C#N)[N+]#[C-])cccc21. The van der Waals surface area contributed by atoms with Crippen LogP contribution in [0, 0.1) is 58.5 Å². The number of nitriles is 4. The average molecular weight is 914 g/mol. The smallest absolute Gasteiger partial charge is 0.338 e.